The molecule has 1 N–H and O–H groups in total. The lowest BCUT2D eigenvalue weighted by Gasteiger charge is -2.04. The Kier molecular flexibility index (Phi) is 7.03. The number of carbonyl (C=O) groups is 3. The number of nitrogens with one attached hydrogen (secondary N) is 1. The zero-order valence-corrected chi connectivity index (χ0v) is 11.6. The van der Waals surface area contributed by atoms with Crippen LogP contribution in [0.15, 0.2) is 30.3 Å². The molecule has 0 spiro atoms. The molecule has 1 rings (SSSR count). The van der Waals surface area contributed by atoms with Crippen LogP contribution in [0.25, 0.3) is 0 Å². The van der Waals surface area contributed by atoms with Crippen molar-refractivity contribution in [2.24, 2.45) is 0 Å². The van der Waals surface area contributed by atoms with Crippen LogP contribution >= 0.6 is 0 Å². The van der Waals surface area contributed by atoms with E-state index in [1.165, 1.54) is 7.11 Å². The minimum absolute atomic E-state index is 0.0460. The normalized spacial score (nSPS) is 9.85. The summed E-state index contributed by atoms with van der Waals surface area (Å²) in [6.07, 6.45) is 1.16. The molecule has 0 aliphatic heterocycles. The SMILES string of the molecule is COC(=O)CCCNC(=O)CCC(=O)c1ccccc1. The van der Waals surface area contributed by atoms with E-state index in [0.717, 1.165) is 0 Å². The first-order chi connectivity index (χ1) is 9.63. The highest BCUT2D eigenvalue weighted by Gasteiger charge is 2.08. The van der Waals surface area contributed by atoms with Gasteiger partial charge in [0.05, 0.1) is 7.11 Å². The van der Waals surface area contributed by atoms with Crippen molar-refractivity contribution in [2.75, 3.05) is 13.7 Å². The van der Waals surface area contributed by atoms with Gasteiger partial charge in [-0.25, -0.2) is 0 Å². The maximum Gasteiger partial charge on any atom is 0.305 e. The molecule has 0 saturated heterocycles. The number of Topliss-reactive ketones (excluding diaryl/α,β-unsaturated/α-hetero) is 1. The summed E-state index contributed by atoms with van der Waals surface area (Å²) in [6, 6.07) is 8.89. The molecule has 0 bridgehead atoms. The number of ketones is 1. The summed E-state index contributed by atoms with van der Waals surface area (Å²) >= 11 is 0. The molecule has 0 heterocycles. The van der Waals surface area contributed by atoms with Crippen molar-refractivity contribution in [3.05, 3.63) is 35.9 Å². The molecule has 0 unspecified atom stereocenters. The topological polar surface area (TPSA) is 72.5 Å². The van der Waals surface area contributed by atoms with Crippen LogP contribution < -0.4 is 5.32 Å². The smallest absolute Gasteiger partial charge is 0.305 e. The molecule has 0 aliphatic rings. The molecule has 5 heteroatoms. The van der Waals surface area contributed by atoms with E-state index in [9.17, 15) is 14.4 Å². The lowest BCUT2D eigenvalue weighted by molar-refractivity contribution is -0.140. The van der Waals surface area contributed by atoms with Crippen LogP contribution in [0.4, 0.5) is 0 Å². The van der Waals surface area contributed by atoms with Crippen molar-refractivity contribution in [1.29, 1.82) is 0 Å². The summed E-state index contributed by atoms with van der Waals surface area (Å²) < 4.78 is 4.49. The van der Waals surface area contributed by atoms with Crippen molar-refractivity contribution < 1.29 is 19.1 Å². The molecule has 0 radical (unpaired) electrons. The summed E-state index contributed by atoms with van der Waals surface area (Å²) in [5.74, 6) is -0.520. The lowest BCUT2D eigenvalue weighted by atomic mass is 10.1. The van der Waals surface area contributed by atoms with Crippen molar-refractivity contribution in [3.63, 3.8) is 0 Å². The summed E-state index contributed by atoms with van der Waals surface area (Å²) in [5.41, 5.74) is 0.617. The van der Waals surface area contributed by atoms with E-state index in [4.69, 9.17) is 0 Å². The fraction of sp³-hybridized carbons (Fsp3) is 0.400. The van der Waals surface area contributed by atoms with Crippen LogP contribution in [0.5, 0.6) is 0 Å². The number of methoxy groups -OCH3 is 1. The van der Waals surface area contributed by atoms with Gasteiger partial charge in [0.25, 0.3) is 0 Å². The molecule has 108 valence electrons. The minimum Gasteiger partial charge on any atom is -0.469 e. The van der Waals surface area contributed by atoms with Gasteiger partial charge in [-0.3, -0.25) is 14.4 Å². The highest BCUT2D eigenvalue weighted by molar-refractivity contribution is 5.97. The first kappa shape index (κ1) is 15.9. The predicted octanol–water partition coefficient (Wildman–Crippen LogP) is 1.72. The summed E-state index contributed by atoms with van der Waals surface area (Å²) in [7, 11) is 1.33. The van der Waals surface area contributed by atoms with Gasteiger partial charge in [-0.1, -0.05) is 30.3 Å². The van der Waals surface area contributed by atoms with E-state index in [1.54, 1.807) is 24.3 Å². The Bertz CT molecular complexity index is 456. The Balaban J connectivity index is 2.17. The second-order valence-electron chi connectivity index (χ2n) is 4.32. The molecular weight excluding hydrogens is 258 g/mol. The molecule has 0 fully saturated rings. The second kappa shape index (κ2) is 8.85. The Morgan fingerprint density at radius 3 is 2.40 bits per heavy atom. The van der Waals surface area contributed by atoms with Crippen LogP contribution in [0.1, 0.15) is 36.0 Å². The number of benzene rings is 1. The second-order valence-corrected chi connectivity index (χ2v) is 4.32. The number of amides is 1. The number of carbonyl (C=O) groups excluding carboxylic acids is 3. The fourth-order valence-corrected chi connectivity index (χ4v) is 1.65. The Morgan fingerprint density at radius 2 is 1.75 bits per heavy atom. The lowest BCUT2D eigenvalue weighted by Crippen LogP contribution is -2.25. The molecule has 0 aliphatic carbocycles. The van der Waals surface area contributed by atoms with Crippen molar-refractivity contribution in [3.8, 4) is 0 Å². The quantitative estimate of drug-likeness (QED) is 0.446. The number of esters is 1. The molecule has 1 amide bonds. The fourth-order valence-electron chi connectivity index (χ4n) is 1.65. The molecule has 20 heavy (non-hydrogen) atoms. The van der Waals surface area contributed by atoms with Gasteiger partial charge in [-0.15, -0.1) is 0 Å². The van der Waals surface area contributed by atoms with Crippen molar-refractivity contribution in [2.45, 2.75) is 25.7 Å². The number of hydrogen-bond donors (Lipinski definition) is 1. The van der Waals surface area contributed by atoms with Gasteiger partial charge in [0.2, 0.25) is 5.91 Å². The zero-order valence-electron chi connectivity index (χ0n) is 11.6. The molecule has 1 aromatic carbocycles. The molecular formula is C15H19NO4. The molecule has 0 aromatic heterocycles. The number of rotatable bonds is 8. The van der Waals surface area contributed by atoms with Gasteiger partial charge in [-0.2, -0.15) is 0 Å². The van der Waals surface area contributed by atoms with Crippen LogP contribution in [-0.2, 0) is 14.3 Å². The Hall–Kier alpha value is -2.17. The standard InChI is InChI=1S/C15H19NO4/c1-20-15(19)8-5-11-16-14(18)10-9-13(17)12-6-3-2-4-7-12/h2-4,6-7H,5,8-11H2,1H3,(H,16,18). The van der Waals surface area contributed by atoms with Gasteiger partial charge in [0.15, 0.2) is 5.78 Å². The average Bonchev–Trinajstić information content (AvgIpc) is 2.49. The monoisotopic (exact) mass is 277 g/mol. The third-order valence-corrected chi connectivity index (χ3v) is 2.78. The van der Waals surface area contributed by atoms with Crippen LogP contribution in [0.2, 0.25) is 0 Å². The van der Waals surface area contributed by atoms with E-state index >= 15 is 0 Å². The Labute approximate surface area is 118 Å². The summed E-state index contributed by atoms with van der Waals surface area (Å²) in [5, 5.41) is 2.67. The summed E-state index contributed by atoms with van der Waals surface area (Å²) in [6.45, 7) is 0.410. The molecule has 5 nitrogen and oxygen atoms in total. The van der Waals surface area contributed by atoms with Crippen LogP contribution in [0.3, 0.4) is 0 Å². The first-order valence-corrected chi connectivity index (χ1v) is 6.55. The number of hydrogen-bond acceptors (Lipinski definition) is 4. The Morgan fingerprint density at radius 1 is 1.05 bits per heavy atom. The van der Waals surface area contributed by atoms with Crippen molar-refractivity contribution in [1.82, 2.24) is 5.32 Å². The van der Waals surface area contributed by atoms with Gasteiger partial charge >= 0.3 is 5.97 Å². The highest BCUT2D eigenvalue weighted by atomic mass is 16.5. The average molecular weight is 277 g/mol. The predicted molar refractivity (Wildman–Crippen MR) is 74.3 cm³/mol. The molecule has 0 atom stereocenters. The zero-order chi connectivity index (χ0) is 14.8. The third-order valence-electron chi connectivity index (χ3n) is 2.78. The molecule has 0 saturated carbocycles. The maximum absolute atomic E-state index is 11.8. The minimum atomic E-state index is -0.293. The van der Waals surface area contributed by atoms with E-state index < -0.39 is 0 Å². The van der Waals surface area contributed by atoms with Crippen LogP contribution in [-0.4, -0.2) is 31.3 Å². The van der Waals surface area contributed by atoms with Crippen LogP contribution in [0, 0.1) is 0 Å². The van der Waals surface area contributed by atoms with Gasteiger partial charge in [-0.05, 0) is 6.42 Å². The third kappa shape index (κ3) is 6.13. The largest absolute Gasteiger partial charge is 0.469 e. The van der Waals surface area contributed by atoms with Gasteiger partial charge in [0, 0.05) is 31.4 Å². The number of ether oxygens (including phenoxy) is 1. The molecule has 1 aromatic rings. The highest BCUT2D eigenvalue weighted by Crippen LogP contribution is 2.04. The first-order valence-electron chi connectivity index (χ1n) is 6.55. The van der Waals surface area contributed by atoms with Crippen molar-refractivity contribution >= 4 is 17.7 Å². The van der Waals surface area contributed by atoms with E-state index in [0.29, 0.717) is 18.5 Å². The van der Waals surface area contributed by atoms with Gasteiger partial charge < -0.3 is 10.1 Å². The van der Waals surface area contributed by atoms with E-state index in [1.807, 2.05) is 6.07 Å². The maximum atomic E-state index is 11.8. The summed E-state index contributed by atoms with van der Waals surface area (Å²) in [4.78, 5) is 34.1. The van der Waals surface area contributed by atoms with E-state index in [-0.39, 0.29) is 36.9 Å². The van der Waals surface area contributed by atoms with E-state index in [2.05, 4.69) is 10.1 Å². The van der Waals surface area contributed by atoms with Gasteiger partial charge in [0.1, 0.15) is 0 Å².